The molecule has 0 amide bonds. The molecule has 1 rings (SSSR count). The molecule has 0 radical (unpaired) electrons. The third-order valence-electron chi connectivity index (χ3n) is 3.24. The zero-order valence-corrected chi connectivity index (χ0v) is 11.2. The lowest BCUT2D eigenvalue weighted by Gasteiger charge is -2.20. The first-order chi connectivity index (χ1) is 7.51. The molecule has 0 nitrogen and oxygen atoms in total. The van der Waals surface area contributed by atoms with Crippen LogP contribution < -0.4 is 0 Å². The van der Waals surface area contributed by atoms with Gasteiger partial charge in [-0.1, -0.05) is 38.8 Å². The van der Waals surface area contributed by atoms with Crippen LogP contribution in [0.2, 0.25) is 0 Å². The largest absolute Gasteiger partial charge is 0.206 e. The maximum atomic E-state index is 13.5. The summed E-state index contributed by atoms with van der Waals surface area (Å²) in [5, 5.41) is -0.00648. The number of alkyl halides is 1. The summed E-state index contributed by atoms with van der Waals surface area (Å²) < 4.78 is 13.5. The fourth-order valence-electron chi connectivity index (χ4n) is 2.11. The lowest BCUT2D eigenvalue weighted by Crippen LogP contribution is -2.07. The second-order valence-electron chi connectivity index (χ2n) is 4.45. The Bertz CT molecular complexity index is 333. The van der Waals surface area contributed by atoms with Gasteiger partial charge in [-0.15, -0.1) is 11.6 Å². The summed E-state index contributed by atoms with van der Waals surface area (Å²) in [6.07, 6.45) is 2.11. The van der Waals surface area contributed by atoms with Gasteiger partial charge in [0.05, 0.1) is 5.38 Å². The van der Waals surface area contributed by atoms with Crippen molar-refractivity contribution in [3.8, 4) is 0 Å². The first kappa shape index (κ1) is 13.5. The lowest BCUT2D eigenvalue weighted by molar-refractivity contribution is 0.475. The van der Waals surface area contributed by atoms with Crippen LogP contribution in [0.25, 0.3) is 0 Å². The van der Waals surface area contributed by atoms with E-state index in [1.807, 2.05) is 12.1 Å². The molecule has 0 bridgehead atoms. The van der Waals surface area contributed by atoms with E-state index in [2.05, 4.69) is 13.8 Å². The van der Waals surface area contributed by atoms with Gasteiger partial charge in [-0.3, -0.25) is 0 Å². The van der Waals surface area contributed by atoms with Crippen molar-refractivity contribution in [1.29, 1.82) is 0 Å². The monoisotopic (exact) mass is 242 g/mol. The molecule has 1 aromatic carbocycles. The average molecular weight is 243 g/mol. The number of benzene rings is 1. The Hall–Kier alpha value is -0.560. The van der Waals surface area contributed by atoms with Crippen molar-refractivity contribution < 1.29 is 4.39 Å². The smallest absolute Gasteiger partial charge is 0.129 e. The van der Waals surface area contributed by atoms with E-state index >= 15 is 0 Å². The minimum atomic E-state index is -0.114. The summed E-state index contributed by atoms with van der Waals surface area (Å²) in [6.45, 7) is 7.88. The maximum absolute atomic E-state index is 13.5. The maximum Gasteiger partial charge on any atom is 0.129 e. The Morgan fingerprint density at radius 1 is 1.12 bits per heavy atom. The Morgan fingerprint density at radius 2 is 1.56 bits per heavy atom. The zero-order valence-electron chi connectivity index (χ0n) is 10.5. The molecule has 0 aromatic heterocycles. The first-order valence-electron chi connectivity index (χ1n) is 5.91. The van der Waals surface area contributed by atoms with Crippen molar-refractivity contribution in [3.05, 3.63) is 34.6 Å². The van der Waals surface area contributed by atoms with Crippen LogP contribution in [0, 0.1) is 25.6 Å². The van der Waals surface area contributed by atoms with Crippen molar-refractivity contribution in [3.63, 3.8) is 0 Å². The highest BCUT2D eigenvalue weighted by Gasteiger charge is 2.19. The summed E-state index contributed by atoms with van der Waals surface area (Å²) in [6, 6.07) is 3.75. The van der Waals surface area contributed by atoms with Crippen LogP contribution >= 0.6 is 11.6 Å². The molecule has 90 valence electrons. The second kappa shape index (κ2) is 5.67. The van der Waals surface area contributed by atoms with Gasteiger partial charge in [0.25, 0.3) is 0 Å². The molecule has 0 N–H and O–H groups in total. The van der Waals surface area contributed by atoms with E-state index in [0.29, 0.717) is 17.0 Å². The molecule has 0 aliphatic heterocycles. The lowest BCUT2D eigenvalue weighted by atomic mass is 9.92. The molecule has 0 spiro atoms. The van der Waals surface area contributed by atoms with Crippen LogP contribution in [-0.2, 0) is 0 Å². The van der Waals surface area contributed by atoms with E-state index in [0.717, 1.165) is 18.4 Å². The van der Waals surface area contributed by atoms with Gasteiger partial charge in [0.15, 0.2) is 0 Å². The molecule has 2 heteroatoms. The fourth-order valence-corrected chi connectivity index (χ4v) is 2.60. The summed E-state index contributed by atoms with van der Waals surface area (Å²) in [4.78, 5) is 0. The number of aryl methyl sites for hydroxylation is 2. The number of hydrogen-bond donors (Lipinski definition) is 0. The molecule has 0 saturated carbocycles. The van der Waals surface area contributed by atoms with Gasteiger partial charge in [-0.25, -0.2) is 4.39 Å². The molecular weight excluding hydrogens is 223 g/mol. The summed E-state index contributed by atoms with van der Waals surface area (Å²) in [7, 11) is 0. The van der Waals surface area contributed by atoms with E-state index in [9.17, 15) is 4.39 Å². The van der Waals surface area contributed by atoms with E-state index in [1.165, 1.54) is 0 Å². The highest BCUT2D eigenvalue weighted by molar-refractivity contribution is 6.21. The molecule has 0 heterocycles. The highest BCUT2D eigenvalue weighted by atomic mass is 35.5. The average Bonchev–Trinajstić information content (AvgIpc) is 2.26. The summed E-state index contributed by atoms with van der Waals surface area (Å²) in [5.41, 5.74) is 2.42. The van der Waals surface area contributed by atoms with Crippen molar-refractivity contribution in [2.24, 2.45) is 5.92 Å². The van der Waals surface area contributed by atoms with Gasteiger partial charge in [-0.05, 0) is 36.5 Å². The van der Waals surface area contributed by atoms with Crippen LogP contribution in [0.3, 0.4) is 0 Å². The molecule has 0 fully saturated rings. The van der Waals surface area contributed by atoms with E-state index in [-0.39, 0.29) is 11.2 Å². The van der Waals surface area contributed by atoms with Gasteiger partial charge in [0.2, 0.25) is 0 Å². The normalized spacial score (nSPS) is 13.2. The number of hydrogen-bond acceptors (Lipinski definition) is 0. The van der Waals surface area contributed by atoms with Crippen molar-refractivity contribution in [2.75, 3.05) is 0 Å². The SMILES string of the molecule is CCC(CC)C(Cl)c1cc(C)c(F)c(C)c1. The molecule has 0 aliphatic rings. The third-order valence-corrected chi connectivity index (χ3v) is 3.85. The van der Waals surface area contributed by atoms with Crippen molar-refractivity contribution in [1.82, 2.24) is 0 Å². The molecule has 1 aromatic rings. The van der Waals surface area contributed by atoms with Gasteiger partial charge < -0.3 is 0 Å². The quantitative estimate of drug-likeness (QED) is 0.640. The zero-order chi connectivity index (χ0) is 12.3. The van der Waals surface area contributed by atoms with Gasteiger partial charge >= 0.3 is 0 Å². The molecule has 1 unspecified atom stereocenters. The van der Waals surface area contributed by atoms with Gasteiger partial charge in [0.1, 0.15) is 5.82 Å². The molecule has 0 saturated heterocycles. The Labute approximate surface area is 103 Å². The van der Waals surface area contributed by atoms with Crippen molar-refractivity contribution in [2.45, 2.75) is 45.9 Å². The number of rotatable bonds is 4. The van der Waals surface area contributed by atoms with Crippen LogP contribution in [-0.4, -0.2) is 0 Å². The standard InChI is InChI=1S/C14H20ClF/c1-5-11(6-2)13(15)12-7-9(3)14(16)10(4)8-12/h7-8,11,13H,5-6H2,1-4H3. The number of halogens is 2. The Balaban J connectivity index is 3.04. The van der Waals surface area contributed by atoms with E-state index in [4.69, 9.17) is 11.6 Å². The molecule has 0 aliphatic carbocycles. The van der Waals surface area contributed by atoms with Crippen LogP contribution in [0.5, 0.6) is 0 Å². The predicted octanol–water partition coefficient (Wildman–Crippen LogP) is 5.16. The topological polar surface area (TPSA) is 0 Å². The molecular formula is C14H20ClF. The minimum absolute atomic E-state index is 0.00648. The fraction of sp³-hybridized carbons (Fsp3) is 0.571. The predicted molar refractivity (Wildman–Crippen MR) is 68.5 cm³/mol. The first-order valence-corrected chi connectivity index (χ1v) is 6.35. The van der Waals surface area contributed by atoms with E-state index < -0.39 is 0 Å². The summed E-state index contributed by atoms with van der Waals surface area (Å²) in [5.74, 6) is 0.350. The highest BCUT2D eigenvalue weighted by Crippen LogP contribution is 2.34. The summed E-state index contributed by atoms with van der Waals surface area (Å²) >= 11 is 6.45. The van der Waals surface area contributed by atoms with E-state index in [1.54, 1.807) is 13.8 Å². The minimum Gasteiger partial charge on any atom is -0.206 e. The van der Waals surface area contributed by atoms with Crippen LogP contribution in [0.15, 0.2) is 12.1 Å². The molecule has 1 atom stereocenters. The molecule has 16 heavy (non-hydrogen) atoms. The Morgan fingerprint density at radius 3 is 1.94 bits per heavy atom. The van der Waals surface area contributed by atoms with Crippen LogP contribution in [0.1, 0.15) is 48.8 Å². The van der Waals surface area contributed by atoms with Gasteiger partial charge in [-0.2, -0.15) is 0 Å². The van der Waals surface area contributed by atoms with Crippen LogP contribution in [0.4, 0.5) is 4.39 Å². The Kier molecular flexibility index (Phi) is 4.79. The van der Waals surface area contributed by atoms with Crippen molar-refractivity contribution >= 4 is 11.6 Å². The second-order valence-corrected chi connectivity index (χ2v) is 4.92. The van der Waals surface area contributed by atoms with Gasteiger partial charge in [0, 0.05) is 0 Å². The third kappa shape index (κ3) is 2.76.